The number of rotatable bonds is 6. The first kappa shape index (κ1) is 17.2. The van der Waals surface area contributed by atoms with Gasteiger partial charge in [-0.05, 0) is 67.8 Å². The highest BCUT2D eigenvalue weighted by atomic mass is 19.1. The minimum Gasteiger partial charge on any atom is -0.313 e. The average Bonchev–Trinajstić information content (AvgIpc) is 2.29. The summed E-state index contributed by atoms with van der Waals surface area (Å²) < 4.78 is 14.1. The fraction of sp³-hybridized carbons (Fsp3) is 0.667. The predicted molar refractivity (Wildman–Crippen MR) is 85.7 cm³/mol. The summed E-state index contributed by atoms with van der Waals surface area (Å²) in [4.78, 5) is 0. The molecule has 0 heterocycles. The molecule has 0 aliphatic rings. The van der Waals surface area contributed by atoms with Gasteiger partial charge in [0.2, 0.25) is 0 Å². The Kier molecular flexibility index (Phi) is 6.19. The van der Waals surface area contributed by atoms with Crippen molar-refractivity contribution >= 4 is 0 Å². The Hall–Kier alpha value is -0.890. The topological polar surface area (TPSA) is 12.0 Å². The van der Waals surface area contributed by atoms with E-state index < -0.39 is 0 Å². The predicted octanol–water partition coefficient (Wildman–Crippen LogP) is 4.79. The third kappa shape index (κ3) is 4.90. The summed E-state index contributed by atoms with van der Waals surface area (Å²) in [5.74, 6) is -0.0503. The first-order valence-electron chi connectivity index (χ1n) is 7.74. The second kappa shape index (κ2) is 7.21. The highest BCUT2D eigenvalue weighted by molar-refractivity contribution is 5.32. The van der Waals surface area contributed by atoms with Crippen LogP contribution in [-0.4, -0.2) is 12.6 Å². The highest BCUT2D eigenvalue weighted by Crippen LogP contribution is 2.25. The van der Waals surface area contributed by atoms with Gasteiger partial charge in [-0.25, -0.2) is 4.39 Å². The monoisotopic (exact) mass is 279 g/mol. The largest absolute Gasteiger partial charge is 0.313 e. The van der Waals surface area contributed by atoms with Gasteiger partial charge in [-0.15, -0.1) is 0 Å². The molecule has 0 aliphatic carbocycles. The van der Waals surface area contributed by atoms with Crippen LogP contribution in [0.1, 0.15) is 57.2 Å². The summed E-state index contributed by atoms with van der Waals surface area (Å²) in [6.45, 7) is 13.9. The molecular formula is C18H30FN. The van der Waals surface area contributed by atoms with E-state index in [0.29, 0.717) is 6.04 Å². The number of hydrogen-bond acceptors (Lipinski definition) is 1. The molecule has 0 saturated carbocycles. The first-order valence-corrected chi connectivity index (χ1v) is 7.74. The summed E-state index contributed by atoms with van der Waals surface area (Å²) >= 11 is 0. The van der Waals surface area contributed by atoms with Gasteiger partial charge in [0, 0.05) is 6.04 Å². The van der Waals surface area contributed by atoms with Gasteiger partial charge in [-0.1, -0.05) is 33.8 Å². The fourth-order valence-electron chi connectivity index (χ4n) is 2.71. The summed E-state index contributed by atoms with van der Waals surface area (Å²) in [5, 5.41) is 3.61. The van der Waals surface area contributed by atoms with Gasteiger partial charge < -0.3 is 5.32 Å². The van der Waals surface area contributed by atoms with Gasteiger partial charge in [-0.2, -0.15) is 0 Å². The van der Waals surface area contributed by atoms with Crippen LogP contribution in [0.4, 0.5) is 4.39 Å². The van der Waals surface area contributed by atoms with Crippen LogP contribution >= 0.6 is 0 Å². The van der Waals surface area contributed by atoms with Gasteiger partial charge in [0.25, 0.3) is 0 Å². The van der Waals surface area contributed by atoms with E-state index in [4.69, 9.17) is 0 Å². The van der Waals surface area contributed by atoms with Crippen molar-refractivity contribution in [1.82, 2.24) is 5.32 Å². The minimum atomic E-state index is -0.0503. The molecule has 0 aromatic heterocycles. The Balaban J connectivity index is 2.77. The van der Waals surface area contributed by atoms with E-state index in [-0.39, 0.29) is 11.2 Å². The first-order chi connectivity index (χ1) is 9.25. The summed E-state index contributed by atoms with van der Waals surface area (Å²) in [5.41, 5.74) is 3.15. The normalized spacial score (nSPS) is 13.6. The van der Waals surface area contributed by atoms with Crippen LogP contribution in [0.15, 0.2) is 12.1 Å². The lowest BCUT2D eigenvalue weighted by Crippen LogP contribution is -2.41. The quantitative estimate of drug-likeness (QED) is 0.789. The van der Waals surface area contributed by atoms with E-state index in [9.17, 15) is 4.39 Å². The second-order valence-electron chi connectivity index (χ2n) is 6.95. The molecule has 1 unspecified atom stereocenters. The Bertz CT molecular complexity index is 409. The van der Waals surface area contributed by atoms with Crippen molar-refractivity contribution < 1.29 is 4.39 Å². The lowest BCUT2D eigenvalue weighted by molar-refractivity contribution is 0.254. The smallest absolute Gasteiger partial charge is 0.126 e. The number of nitrogens with one attached hydrogen (secondary N) is 1. The Morgan fingerprint density at radius 2 is 1.85 bits per heavy atom. The Morgan fingerprint density at radius 1 is 1.20 bits per heavy atom. The van der Waals surface area contributed by atoms with Gasteiger partial charge in [0.1, 0.15) is 5.82 Å². The summed E-state index contributed by atoms with van der Waals surface area (Å²) in [7, 11) is 0. The summed E-state index contributed by atoms with van der Waals surface area (Å²) in [6, 6.07) is 4.14. The number of hydrogen-bond donors (Lipinski definition) is 1. The maximum absolute atomic E-state index is 14.1. The van der Waals surface area contributed by atoms with Gasteiger partial charge in [0.05, 0.1) is 0 Å². The highest BCUT2D eigenvalue weighted by Gasteiger charge is 2.24. The van der Waals surface area contributed by atoms with Crippen molar-refractivity contribution in [3.05, 3.63) is 34.6 Å². The van der Waals surface area contributed by atoms with Crippen LogP contribution < -0.4 is 5.32 Å². The number of halogens is 1. The van der Waals surface area contributed by atoms with Crippen molar-refractivity contribution in [3.8, 4) is 0 Å². The molecular weight excluding hydrogens is 249 g/mol. The van der Waals surface area contributed by atoms with Gasteiger partial charge in [0.15, 0.2) is 0 Å². The van der Waals surface area contributed by atoms with E-state index >= 15 is 0 Å². The molecule has 0 amide bonds. The Labute approximate surface area is 124 Å². The molecule has 1 nitrogen and oxygen atoms in total. The second-order valence-corrected chi connectivity index (χ2v) is 6.95. The van der Waals surface area contributed by atoms with Crippen molar-refractivity contribution in [2.45, 2.75) is 66.8 Å². The molecule has 20 heavy (non-hydrogen) atoms. The average molecular weight is 279 g/mol. The van der Waals surface area contributed by atoms with Crippen LogP contribution in [-0.2, 0) is 6.42 Å². The zero-order valence-electron chi connectivity index (χ0n) is 13.9. The molecule has 0 radical (unpaired) electrons. The minimum absolute atomic E-state index is 0.0503. The van der Waals surface area contributed by atoms with Crippen LogP contribution in [0.2, 0.25) is 0 Å². The van der Waals surface area contributed by atoms with Crippen LogP contribution in [0.3, 0.4) is 0 Å². The standard InChI is InChI=1S/C18H30FN/c1-7-10-20-17(18(4,5)6)9-8-15-14(3)11-13(2)12-16(15)19/h11-12,17,20H,7-10H2,1-6H3. The number of aryl methyl sites for hydroxylation is 2. The molecule has 0 aliphatic heterocycles. The van der Waals surface area contributed by atoms with E-state index in [1.807, 2.05) is 13.8 Å². The lowest BCUT2D eigenvalue weighted by Gasteiger charge is -2.32. The lowest BCUT2D eigenvalue weighted by atomic mass is 9.82. The maximum atomic E-state index is 14.1. The third-order valence-electron chi connectivity index (χ3n) is 3.93. The van der Waals surface area contributed by atoms with Crippen molar-refractivity contribution in [2.75, 3.05) is 6.54 Å². The molecule has 0 fully saturated rings. The van der Waals surface area contributed by atoms with Crippen molar-refractivity contribution in [2.24, 2.45) is 5.41 Å². The zero-order chi connectivity index (χ0) is 15.3. The van der Waals surface area contributed by atoms with E-state index in [1.165, 1.54) is 0 Å². The van der Waals surface area contributed by atoms with Gasteiger partial charge >= 0.3 is 0 Å². The van der Waals surface area contributed by atoms with Gasteiger partial charge in [-0.3, -0.25) is 0 Å². The van der Waals surface area contributed by atoms with E-state index in [1.54, 1.807) is 6.07 Å². The maximum Gasteiger partial charge on any atom is 0.126 e. The molecule has 1 atom stereocenters. The van der Waals surface area contributed by atoms with Crippen LogP contribution in [0, 0.1) is 25.1 Å². The van der Waals surface area contributed by atoms with E-state index in [0.717, 1.165) is 42.5 Å². The molecule has 0 spiro atoms. The number of benzene rings is 1. The molecule has 1 rings (SSSR count). The zero-order valence-corrected chi connectivity index (χ0v) is 13.9. The molecule has 1 N–H and O–H groups in total. The van der Waals surface area contributed by atoms with Crippen molar-refractivity contribution in [1.29, 1.82) is 0 Å². The molecule has 1 aromatic rings. The third-order valence-corrected chi connectivity index (χ3v) is 3.93. The van der Waals surface area contributed by atoms with E-state index in [2.05, 4.69) is 39.1 Å². The molecule has 1 aromatic carbocycles. The van der Waals surface area contributed by atoms with Crippen LogP contribution in [0.5, 0.6) is 0 Å². The fourth-order valence-corrected chi connectivity index (χ4v) is 2.71. The Morgan fingerprint density at radius 3 is 2.35 bits per heavy atom. The molecule has 0 bridgehead atoms. The SMILES string of the molecule is CCCNC(CCc1c(C)cc(C)cc1F)C(C)(C)C. The summed E-state index contributed by atoms with van der Waals surface area (Å²) in [6.07, 6.45) is 2.91. The molecule has 0 saturated heterocycles. The van der Waals surface area contributed by atoms with Crippen molar-refractivity contribution in [3.63, 3.8) is 0 Å². The molecule has 2 heteroatoms. The van der Waals surface area contributed by atoms with Crippen LogP contribution in [0.25, 0.3) is 0 Å². The molecule has 114 valence electrons.